The van der Waals surface area contributed by atoms with Gasteiger partial charge < -0.3 is 14.6 Å². The van der Waals surface area contributed by atoms with Crippen molar-refractivity contribution in [3.63, 3.8) is 0 Å². The lowest BCUT2D eigenvalue weighted by Gasteiger charge is -2.21. The van der Waals surface area contributed by atoms with Crippen LogP contribution in [0.25, 0.3) is 11.0 Å². The lowest BCUT2D eigenvalue weighted by atomic mass is 10.1. The van der Waals surface area contributed by atoms with Gasteiger partial charge in [0.2, 0.25) is 5.91 Å². The number of anilines is 1. The minimum Gasteiger partial charge on any atom is -0.497 e. The van der Waals surface area contributed by atoms with Gasteiger partial charge in [0.25, 0.3) is 0 Å². The number of halogens is 1. The molecule has 0 bridgehead atoms. The summed E-state index contributed by atoms with van der Waals surface area (Å²) >= 11 is 0. The molecule has 176 valence electrons. The molecule has 1 amide bonds. The molecule has 5 nitrogen and oxygen atoms in total. The Morgan fingerprint density at radius 2 is 1.74 bits per heavy atom. The van der Waals surface area contributed by atoms with Crippen LogP contribution in [0, 0.1) is 19.7 Å². The molecule has 1 atom stereocenters. The van der Waals surface area contributed by atoms with Crippen molar-refractivity contribution in [1.82, 2.24) is 9.55 Å². The maximum Gasteiger partial charge on any atom is 0.247 e. The van der Waals surface area contributed by atoms with E-state index in [9.17, 15) is 9.18 Å². The van der Waals surface area contributed by atoms with Crippen molar-refractivity contribution in [3.05, 3.63) is 89.0 Å². The van der Waals surface area contributed by atoms with Crippen molar-refractivity contribution in [1.29, 1.82) is 0 Å². The molecule has 0 fully saturated rings. The van der Waals surface area contributed by atoms with Crippen molar-refractivity contribution in [3.8, 4) is 5.75 Å². The van der Waals surface area contributed by atoms with Crippen molar-refractivity contribution < 1.29 is 13.9 Å². The van der Waals surface area contributed by atoms with E-state index in [1.54, 1.807) is 19.2 Å². The summed E-state index contributed by atoms with van der Waals surface area (Å²) in [4.78, 5) is 18.5. The van der Waals surface area contributed by atoms with E-state index < -0.39 is 6.04 Å². The van der Waals surface area contributed by atoms with Gasteiger partial charge in [-0.25, -0.2) is 9.37 Å². The lowest BCUT2D eigenvalue weighted by Crippen LogP contribution is -2.27. The Bertz CT molecular complexity index is 1290. The van der Waals surface area contributed by atoms with Crippen LogP contribution < -0.4 is 10.1 Å². The van der Waals surface area contributed by atoms with E-state index in [2.05, 4.69) is 42.8 Å². The van der Waals surface area contributed by atoms with Crippen LogP contribution in [-0.4, -0.2) is 22.6 Å². The molecule has 1 aromatic heterocycles. The van der Waals surface area contributed by atoms with Crippen molar-refractivity contribution in [2.24, 2.45) is 0 Å². The topological polar surface area (TPSA) is 56.1 Å². The number of ether oxygens (including phenoxy) is 1. The second-order valence-electron chi connectivity index (χ2n) is 8.65. The normalized spacial score (nSPS) is 12.0. The number of methoxy groups -OCH3 is 1. The molecule has 0 spiro atoms. The number of benzene rings is 3. The third-order valence-corrected chi connectivity index (χ3v) is 6.19. The zero-order valence-electron chi connectivity index (χ0n) is 20.1. The SMILES string of the molecule is CCC[C@@H](C(=O)Nc1ccc(OC)cc1)n1c(Cc2ccc(F)cc2)nc2cc(C)c(C)cc21. The number of carbonyl (C=O) groups excluding carboxylic acids is 1. The van der Waals surface area contributed by atoms with Gasteiger partial charge in [-0.15, -0.1) is 0 Å². The number of aryl methyl sites for hydroxylation is 2. The minimum absolute atomic E-state index is 0.0927. The van der Waals surface area contributed by atoms with E-state index in [1.807, 2.05) is 24.3 Å². The summed E-state index contributed by atoms with van der Waals surface area (Å²) in [7, 11) is 1.61. The molecule has 0 aliphatic rings. The molecule has 0 radical (unpaired) electrons. The smallest absolute Gasteiger partial charge is 0.247 e. The van der Waals surface area contributed by atoms with Gasteiger partial charge in [-0.1, -0.05) is 25.5 Å². The molecule has 0 saturated heterocycles. The van der Waals surface area contributed by atoms with Gasteiger partial charge in [0, 0.05) is 12.1 Å². The van der Waals surface area contributed by atoms with Crippen LogP contribution in [0.5, 0.6) is 5.75 Å². The number of amides is 1. The first-order valence-corrected chi connectivity index (χ1v) is 11.6. The number of hydrogen-bond donors (Lipinski definition) is 1. The highest BCUT2D eigenvalue weighted by Gasteiger charge is 2.26. The number of carbonyl (C=O) groups is 1. The summed E-state index contributed by atoms with van der Waals surface area (Å²) < 4.78 is 20.8. The van der Waals surface area contributed by atoms with Gasteiger partial charge in [-0.2, -0.15) is 0 Å². The highest BCUT2D eigenvalue weighted by atomic mass is 19.1. The Labute approximate surface area is 199 Å². The number of nitrogens with one attached hydrogen (secondary N) is 1. The van der Waals surface area contributed by atoms with Crippen molar-refractivity contribution in [2.75, 3.05) is 12.4 Å². The highest BCUT2D eigenvalue weighted by Crippen LogP contribution is 2.29. The van der Waals surface area contributed by atoms with E-state index >= 15 is 0 Å². The number of nitrogens with zero attached hydrogens (tertiary/aromatic N) is 2. The summed E-state index contributed by atoms with van der Waals surface area (Å²) in [5, 5.41) is 3.06. The lowest BCUT2D eigenvalue weighted by molar-refractivity contribution is -0.119. The largest absolute Gasteiger partial charge is 0.497 e. The third-order valence-electron chi connectivity index (χ3n) is 6.19. The monoisotopic (exact) mass is 459 g/mol. The van der Waals surface area contributed by atoms with E-state index in [-0.39, 0.29) is 11.7 Å². The van der Waals surface area contributed by atoms with Gasteiger partial charge in [0.1, 0.15) is 23.4 Å². The van der Waals surface area contributed by atoms with E-state index in [0.29, 0.717) is 18.5 Å². The molecule has 1 N–H and O–H groups in total. The van der Waals surface area contributed by atoms with Crippen molar-refractivity contribution >= 4 is 22.6 Å². The Morgan fingerprint density at radius 3 is 2.38 bits per heavy atom. The average Bonchev–Trinajstić information content (AvgIpc) is 3.15. The number of aromatic nitrogens is 2. The van der Waals surface area contributed by atoms with E-state index in [1.165, 1.54) is 12.1 Å². The fourth-order valence-electron chi connectivity index (χ4n) is 4.21. The van der Waals surface area contributed by atoms with Gasteiger partial charge in [-0.3, -0.25) is 4.79 Å². The first-order valence-electron chi connectivity index (χ1n) is 11.6. The Morgan fingerprint density at radius 1 is 1.06 bits per heavy atom. The van der Waals surface area contributed by atoms with E-state index in [4.69, 9.17) is 9.72 Å². The summed E-state index contributed by atoms with van der Waals surface area (Å²) in [6.07, 6.45) is 2.00. The summed E-state index contributed by atoms with van der Waals surface area (Å²) in [6, 6.07) is 17.5. The Hall–Kier alpha value is -3.67. The second kappa shape index (κ2) is 10.1. The van der Waals surface area contributed by atoms with Crippen LogP contribution in [-0.2, 0) is 11.2 Å². The van der Waals surface area contributed by atoms with Crippen LogP contribution in [0.2, 0.25) is 0 Å². The molecule has 6 heteroatoms. The molecular formula is C28H30FN3O2. The quantitative estimate of drug-likeness (QED) is 0.333. The fourth-order valence-corrected chi connectivity index (χ4v) is 4.21. The molecule has 0 aliphatic carbocycles. The van der Waals surface area contributed by atoms with Gasteiger partial charge in [0.05, 0.1) is 18.1 Å². The zero-order chi connectivity index (χ0) is 24.2. The number of imidazole rings is 1. The number of hydrogen-bond acceptors (Lipinski definition) is 3. The summed E-state index contributed by atoms with van der Waals surface area (Å²) in [5.41, 5.74) is 5.75. The van der Waals surface area contributed by atoms with Crippen LogP contribution in [0.3, 0.4) is 0 Å². The molecule has 0 aliphatic heterocycles. The fraction of sp³-hybridized carbons (Fsp3) is 0.286. The first-order chi connectivity index (χ1) is 16.4. The molecule has 0 unspecified atom stereocenters. The zero-order valence-corrected chi connectivity index (χ0v) is 20.1. The molecule has 3 aromatic carbocycles. The molecule has 1 heterocycles. The third kappa shape index (κ3) is 4.96. The van der Waals surface area contributed by atoms with Gasteiger partial charge in [-0.05, 0) is 85.5 Å². The molecule has 4 rings (SSSR count). The van der Waals surface area contributed by atoms with Gasteiger partial charge >= 0.3 is 0 Å². The van der Waals surface area contributed by atoms with E-state index in [0.717, 1.165) is 45.7 Å². The average molecular weight is 460 g/mol. The Kier molecular flexibility index (Phi) is 6.96. The predicted molar refractivity (Wildman–Crippen MR) is 134 cm³/mol. The predicted octanol–water partition coefficient (Wildman–Crippen LogP) is 6.37. The van der Waals surface area contributed by atoms with Crippen molar-refractivity contribution in [2.45, 2.75) is 46.1 Å². The maximum atomic E-state index is 13.6. The number of fused-ring (bicyclic) bond motifs is 1. The van der Waals surface area contributed by atoms with Crippen LogP contribution in [0.4, 0.5) is 10.1 Å². The summed E-state index contributed by atoms with van der Waals surface area (Å²) in [6.45, 7) is 6.20. The summed E-state index contributed by atoms with van der Waals surface area (Å²) in [5.74, 6) is 1.15. The second-order valence-corrected chi connectivity index (χ2v) is 8.65. The highest BCUT2D eigenvalue weighted by molar-refractivity contribution is 5.95. The number of rotatable bonds is 8. The molecular weight excluding hydrogens is 429 g/mol. The van der Waals surface area contributed by atoms with Crippen LogP contribution in [0.1, 0.15) is 48.3 Å². The molecule has 34 heavy (non-hydrogen) atoms. The molecule has 0 saturated carbocycles. The maximum absolute atomic E-state index is 13.6. The van der Waals surface area contributed by atoms with Crippen LogP contribution >= 0.6 is 0 Å². The first kappa shape index (κ1) is 23.5. The minimum atomic E-state index is -0.436. The molecule has 4 aromatic rings. The van der Waals surface area contributed by atoms with Crippen LogP contribution in [0.15, 0.2) is 60.7 Å². The standard InChI is InChI=1S/C28H30FN3O2/c1-5-6-25(28(33)30-22-11-13-23(34-4)14-12-22)32-26-16-19(3)18(2)15-24(26)31-27(32)17-20-7-9-21(29)10-8-20/h7-16,25H,5-6,17H2,1-4H3,(H,30,33)/t25-/m0/s1. The Balaban J connectivity index is 1.77. The van der Waals surface area contributed by atoms with Gasteiger partial charge in [0.15, 0.2) is 0 Å².